The summed E-state index contributed by atoms with van der Waals surface area (Å²) in [5.74, 6) is 1.67. The standard InChI is InChI=1S/C14H17N5O2/c1-9-3-2-4-11(16-9)17-12(20)7-8-15-14-18-13(19-21-14)10-5-6-10/h2-4,10H,5-8H2,1H3,(H,15,18,19)(H,16,17,20). The Balaban J connectivity index is 1.42. The Morgan fingerprint density at radius 2 is 2.24 bits per heavy atom. The van der Waals surface area contributed by atoms with E-state index in [0.717, 1.165) is 24.4 Å². The van der Waals surface area contributed by atoms with Gasteiger partial charge in [-0.3, -0.25) is 4.79 Å². The summed E-state index contributed by atoms with van der Waals surface area (Å²) in [5, 5.41) is 9.59. The van der Waals surface area contributed by atoms with Crippen LogP contribution in [0.1, 0.15) is 36.7 Å². The molecule has 2 heterocycles. The summed E-state index contributed by atoms with van der Waals surface area (Å²) in [5.41, 5.74) is 0.865. The van der Waals surface area contributed by atoms with E-state index in [-0.39, 0.29) is 5.91 Å². The Morgan fingerprint density at radius 3 is 3.00 bits per heavy atom. The van der Waals surface area contributed by atoms with Crippen molar-refractivity contribution < 1.29 is 9.32 Å². The van der Waals surface area contributed by atoms with E-state index in [2.05, 4.69) is 25.8 Å². The molecule has 0 spiro atoms. The van der Waals surface area contributed by atoms with Crippen molar-refractivity contribution in [2.24, 2.45) is 0 Å². The summed E-state index contributed by atoms with van der Waals surface area (Å²) < 4.78 is 5.07. The van der Waals surface area contributed by atoms with Crippen LogP contribution < -0.4 is 10.6 Å². The van der Waals surface area contributed by atoms with E-state index in [9.17, 15) is 4.79 Å². The maximum atomic E-state index is 11.8. The monoisotopic (exact) mass is 287 g/mol. The van der Waals surface area contributed by atoms with Crippen molar-refractivity contribution in [3.63, 3.8) is 0 Å². The van der Waals surface area contributed by atoms with Crippen molar-refractivity contribution in [2.45, 2.75) is 32.1 Å². The molecule has 1 amide bonds. The van der Waals surface area contributed by atoms with Gasteiger partial charge in [0.2, 0.25) is 5.91 Å². The Morgan fingerprint density at radius 1 is 1.38 bits per heavy atom. The van der Waals surface area contributed by atoms with Crippen molar-refractivity contribution in [3.8, 4) is 0 Å². The number of rotatable bonds is 6. The fraction of sp³-hybridized carbons (Fsp3) is 0.429. The van der Waals surface area contributed by atoms with Crippen molar-refractivity contribution in [1.29, 1.82) is 0 Å². The predicted octanol–water partition coefficient (Wildman–Crippen LogP) is 2.09. The normalized spacial score (nSPS) is 14.0. The van der Waals surface area contributed by atoms with E-state index < -0.39 is 0 Å². The molecule has 0 atom stereocenters. The van der Waals surface area contributed by atoms with Crippen LogP contribution in [-0.2, 0) is 4.79 Å². The molecule has 1 aliphatic rings. The van der Waals surface area contributed by atoms with Gasteiger partial charge in [-0.15, -0.1) is 0 Å². The molecule has 110 valence electrons. The molecule has 21 heavy (non-hydrogen) atoms. The molecule has 2 aromatic heterocycles. The van der Waals surface area contributed by atoms with Gasteiger partial charge in [0, 0.05) is 24.6 Å². The van der Waals surface area contributed by atoms with Crippen LogP contribution in [0, 0.1) is 6.92 Å². The number of pyridine rings is 1. The second-order valence-electron chi connectivity index (χ2n) is 5.12. The number of amides is 1. The molecule has 0 aliphatic heterocycles. The zero-order valence-corrected chi connectivity index (χ0v) is 11.8. The third-order valence-electron chi connectivity index (χ3n) is 3.17. The maximum absolute atomic E-state index is 11.8. The minimum absolute atomic E-state index is 0.109. The first-order valence-corrected chi connectivity index (χ1v) is 7.02. The van der Waals surface area contributed by atoms with Crippen LogP contribution >= 0.6 is 0 Å². The lowest BCUT2D eigenvalue weighted by molar-refractivity contribution is -0.116. The van der Waals surface area contributed by atoms with Gasteiger partial charge in [-0.05, 0) is 31.9 Å². The second-order valence-corrected chi connectivity index (χ2v) is 5.12. The summed E-state index contributed by atoms with van der Waals surface area (Å²) in [6, 6.07) is 5.87. The molecule has 3 rings (SSSR count). The van der Waals surface area contributed by atoms with E-state index in [1.54, 1.807) is 6.07 Å². The molecule has 7 nitrogen and oxygen atoms in total. The van der Waals surface area contributed by atoms with Crippen LogP contribution in [0.15, 0.2) is 22.7 Å². The quantitative estimate of drug-likeness (QED) is 0.845. The molecule has 0 saturated heterocycles. The molecule has 0 unspecified atom stereocenters. The topological polar surface area (TPSA) is 92.9 Å². The molecule has 7 heteroatoms. The van der Waals surface area contributed by atoms with Crippen molar-refractivity contribution in [2.75, 3.05) is 17.2 Å². The summed E-state index contributed by atoms with van der Waals surface area (Å²) in [6.07, 6.45) is 2.56. The largest absolute Gasteiger partial charge is 0.337 e. The minimum atomic E-state index is -0.109. The number of anilines is 2. The van der Waals surface area contributed by atoms with E-state index in [0.29, 0.717) is 30.7 Å². The third kappa shape index (κ3) is 3.77. The van der Waals surface area contributed by atoms with Crippen LogP contribution in [0.4, 0.5) is 11.8 Å². The van der Waals surface area contributed by atoms with Gasteiger partial charge in [0.15, 0.2) is 5.82 Å². The maximum Gasteiger partial charge on any atom is 0.321 e. The van der Waals surface area contributed by atoms with Gasteiger partial charge < -0.3 is 15.2 Å². The zero-order valence-electron chi connectivity index (χ0n) is 11.8. The van der Waals surface area contributed by atoms with Crippen LogP contribution in [0.3, 0.4) is 0 Å². The highest BCUT2D eigenvalue weighted by atomic mass is 16.5. The first-order chi connectivity index (χ1) is 10.2. The number of hydrogen-bond donors (Lipinski definition) is 2. The molecule has 1 saturated carbocycles. The highest BCUT2D eigenvalue weighted by molar-refractivity contribution is 5.89. The number of aromatic nitrogens is 3. The molecule has 0 bridgehead atoms. The van der Waals surface area contributed by atoms with Gasteiger partial charge in [-0.2, -0.15) is 4.98 Å². The number of carbonyl (C=O) groups excluding carboxylic acids is 1. The van der Waals surface area contributed by atoms with E-state index >= 15 is 0 Å². The molecule has 0 aromatic carbocycles. The molecule has 1 fully saturated rings. The van der Waals surface area contributed by atoms with Gasteiger partial charge in [0.05, 0.1) is 0 Å². The lowest BCUT2D eigenvalue weighted by Crippen LogP contribution is -2.17. The third-order valence-corrected chi connectivity index (χ3v) is 3.17. The fourth-order valence-electron chi connectivity index (χ4n) is 1.91. The fourth-order valence-corrected chi connectivity index (χ4v) is 1.91. The number of nitrogens with zero attached hydrogens (tertiary/aromatic N) is 3. The molecule has 0 radical (unpaired) electrons. The summed E-state index contributed by atoms with van der Waals surface area (Å²) >= 11 is 0. The van der Waals surface area contributed by atoms with Crippen LogP contribution in [0.2, 0.25) is 0 Å². The van der Waals surface area contributed by atoms with Gasteiger partial charge in [0.25, 0.3) is 0 Å². The summed E-state index contributed by atoms with van der Waals surface area (Å²) in [4.78, 5) is 20.2. The lowest BCUT2D eigenvalue weighted by atomic mass is 10.3. The van der Waals surface area contributed by atoms with Gasteiger partial charge in [-0.25, -0.2) is 4.98 Å². The smallest absolute Gasteiger partial charge is 0.321 e. The van der Waals surface area contributed by atoms with Crippen molar-refractivity contribution in [3.05, 3.63) is 29.7 Å². The van der Waals surface area contributed by atoms with Gasteiger partial charge in [-0.1, -0.05) is 11.2 Å². The van der Waals surface area contributed by atoms with Gasteiger partial charge >= 0.3 is 6.01 Å². The summed E-state index contributed by atoms with van der Waals surface area (Å²) in [6.45, 7) is 2.31. The lowest BCUT2D eigenvalue weighted by Gasteiger charge is -2.05. The van der Waals surface area contributed by atoms with Crippen LogP contribution in [0.5, 0.6) is 0 Å². The van der Waals surface area contributed by atoms with Gasteiger partial charge in [0.1, 0.15) is 5.82 Å². The predicted molar refractivity (Wildman–Crippen MR) is 77.0 cm³/mol. The van der Waals surface area contributed by atoms with Crippen molar-refractivity contribution in [1.82, 2.24) is 15.1 Å². The highest BCUT2D eigenvalue weighted by Gasteiger charge is 2.28. The molecular formula is C14H17N5O2. The average Bonchev–Trinajstić information content (AvgIpc) is 3.19. The van der Waals surface area contributed by atoms with E-state index in [1.165, 1.54) is 0 Å². The average molecular weight is 287 g/mol. The molecule has 1 aliphatic carbocycles. The molecule has 2 N–H and O–H groups in total. The first kappa shape index (κ1) is 13.5. The Labute approximate surface area is 122 Å². The Kier molecular flexibility index (Phi) is 3.81. The summed E-state index contributed by atoms with van der Waals surface area (Å²) in [7, 11) is 0. The van der Waals surface area contributed by atoms with E-state index in [4.69, 9.17) is 4.52 Å². The van der Waals surface area contributed by atoms with Crippen LogP contribution in [0.25, 0.3) is 0 Å². The van der Waals surface area contributed by atoms with Crippen LogP contribution in [-0.4, -0.2) is 27.6 Å². The number of carbonyl (C=O) groups is 1. The second kappa shape index (κ2) is 5.90. The number of hydrogen-bond acceptors (Lipinski definition) is 6. The number of aryl methyl sites for hydroxylation is 1. The Hall–Kier alpha value is -2.44. The highest BCUT2D eigenvalue weighted by Crippen LogP contribution is 2.38. The first-order valence-electron chi connectivity index (χ1n) is 7.02. The minimum Gasteiger partial charge on any atom is -0.337 e. The zero-order chi connectivity index (χ0) is 14.7. The van der Waals surface area contributed by atoms with E-state index in [1.807, 2.05) is 19.1 Å². The SMILES string of the molecule is Cc1cccc(NC(=O)CCNc2nc(C3CC3)no2)n1. The number of nitrogens with one attached hydrogen (secondary N) is 2. The van der Waals surface area contributed by atoms with Crippen molar-refractivity contribution >= 4 is 17.7 Å². The molecule has 2 aromatic rings. The Bertz CT molecular complexity index is 636. The molecular weight excluding hydrogens is 270 g/mol.